The van der Waals surface area contributed by atoms with Crippen molar-refractivity contribution < 1.29 is 19.2 Å². The summed E-state index contributed by atoms with van der Waals surface area (Å²) in [6.07, 6.45) is 0.356. The monoisotopic (exact) mass is 569 g/mol. The summed E-state index contributed by atoms with van der Waals surface area (Å²) in [6.45, 7) is 12.1. The fraction of sp³-hybridized carbons (Fsp3) is 0.406. The molecule has 1 fully saturated rings. The van der Waals surface area contributed by atoms with E-state index < -0.39 is 10.5 Å². The first-order chi connectivity index (χ1) is 19.9. The molecule has 0 unspecified atom stereocenters. The van der Waals surface area contributed by atoms with Gasteiger partial charge >= 0.3 is 11.8 Å². The number of carbonyl (C=O) groups is 1. The lowest BCUT2D eigenvalue weighted by atomic mass is 10.0. The number of nitro groups is 1. The number of nitrogens with zero attached hydrogens (tertiary/aromatic N) is 5. The minimum atomic E-state index is -0.587. The number of rotatable bonds is 5. The number of imidazole rings is 1. The van der Waals surface area contributed by atoms with Crippen LogP contribution in [0.3, 0.4) is 0 Å². The maximum Gasteiger partial charge on any atom is 0.410 e. The van der Waals surface area contributed by atoms with Crippen molar-refractivity contribution in [1.29, 1.82) is 5.26 Å². The molecule has 1 saturated heterocycles. The number of ether oxygens (including phenoxy) is 2. The largest absolute Gasteiger partial charge is 0.483 e. The second-order valence-electron chi connectivity index (χ2n) is 12.0. The zero-order valence-corrected chi connectivity index (χ0v) is 24.8. The van der Waals surface area contributed by atoms with Gasteiger partial charge < -0.3 is 14.4 Å². The van der Waals surface area contributed by atoms with Crippen molar-refractivity contribution >= 4 is 33.6 Å². The third-order valence-electron chi connectivity index (χ3n) is 7.50. The van der Waals surface area contributed by atoms with Gasteiger partial charge in [-0.15, -0.1) is 0 Å². The van der Waals surface area contributed by atoms with Gasteiger partial charge in [0.25, 0.3) is 0 Å². The summed E-state index contributed by atoms with van der Waals surface area (Å²) in [5.74, 6) is 0.932. The van der Waals surface area contributed by atoms with Crippen molar-refractivity contribution in [2.45, 2.75) is 72.0 Å². The van der Waals surface area contributed by atoms with Crippen LogP contribution in [0.4, 0.5) is 10.5 Å². The summed E-state index contributed by atoms with van der Waals surface area (Å²) in [6, 6.07) is 15.4. The lowest BCUT2D eigenvalue weighted by Crippen LogP contribution is -2.44. The first-order valence-corrected chi connectivity index (χ1v) is 14.2. The summed E-state index contributed by atoms with van der Waals surface area (Å²) in [4.78, 5) is 31.0. The minimum Gasteiger partial charge on any atom is -0.483 e. The molecular weight excluding hydrogens is 534 g/mol. The molecule has 1 amide bonds. The van der Waals surface area contributed by atoms with Crippen molar-refractivity contribution in [2.24, 2.45) is 0 Å². The van der Waals surface area contributed by atoms with Gasteiger partial charge in [0.1, 0.15) is 17.5 Å². The third-order valence-corrected chi connectivity index (χ3v) is 7.50. The number of aryl methyl sites for hydroxylation is 1. The molecule has 1 aliphatic heterocycles. The van der Waals surface area contributed by atoms with E-state index in [0.29, 0.717) is 48.1 Å². The predicted molar refractivity (Wildman–Crippen MR) is 160 cm³/mol. The molecule has 1 aliphatic rings. The molecule has 42 heavy (non-hydrogen) atoms. The molecule has 2 heterocycles. The lowest BCUT2D eigenvalue weighted by molar-refractivity contribution is -0.386. The molecule has 0 bridgehead atoms. The van der Waals surface area contributed by atoms with Crippen LogP contribution in [0.25, 0.3) is 27.5 Å². The minimum absolute atomic E-state index is 0.00631. The van der Waals surface area contributed by atoms with Crippen LogP contribution in [0.1, 0.15) is 70.3 Å². The normalized spacial score (nSPS) is 14.4. The second kappa shape index (κ2) is 11.0. The fourth-order valence-corrected chi connectivity index (χ4v) is 5.54. The Morgan fingerprint density at radius 3 is 2.40 bits per heavy atom. The molecular formula is C32H35N5O5. The Balaban J connectivity index is 1.59. The van der Waals surface area contributed by atoms with Gasteiger partial charge in [-0.1, -0.05) is 38.1 Å². The number of aromatic nitrogens is 2. The van der Waals surface area contributed by atoms with E-state index in [1.165, 1.54) is 0 Å². The van der Waals surface area contributed by atoms with Crippen LogP contribution in [0.2, 0.25) is 0 Å². The van der Waals surface area contributed by atoms with Gasteiger partial charge in [-0.2, -0.15) is 5.26 Å². The average Bonchev–Trinajstić information content (AvgIpc) is 3.31. The number of amides is 1. The highest BCUT2D eigenvalue weighted by molar-refractivity contribution is 5.97. The number of piperidine rings is 1. The molecule has 3 aromatic carbocycles. The summed E-state index contributed by atoms with van der Waals surface area (Å²) < 4.78 is 13.9. The van der Waals surface area contributed by atoms with Crippen LogP contribution in [-0.2, 0) is 4.74 Å². The quantitative estimate of drug-likeness (QED) is 0.184. The van der Waals surface area contributed by atoms with E-state index in [-0.39, 0.29) is 29.6 Å². The lowest BCUT2D eigenvalue weighted by Gasteiger charge is -2.33. The van der Waals surface area contributed by atoms with Crippen molar-refractivity contribution in [3.05, 3.63) is 69.5 Å². The summed E-state index contributed by atoms with van der Waals surface area (Å²) in [7, 11) is 0. The number of carbonyl (C=O) groups excluding carboxylic acids is 1. The van der Waals surface area contributed by atoms with Crippen molar-refractivity contribution in [1.82, 2.24) is 14.5 Å². The van der Waals surface area contributed by atoms with Gasteiger partial charge in [0.2, 0.25) is 0 Å². The van der Waals surface area contributed by atoms with Crippen LogP contribution in [-0.4, -0.2) is 50.3 Å². The number of likely N-dealkylation sites (tertiary alicyclic amines) is 1. The Kier molecular flexibility index (Phi) is 7.54. The molecule has 0 aliphatic carbocycles. The van der Waals surface area contributed by atoms with Gasteiger partial charge in [0.15, 0.2) is 5.75 Å². The first kappa shape index (κ1) is 28.9. The van der Waals surface area contributed by atoms with E-state index in [2.05, 4.69) is 6.07 Å². The van der Waals surface area contributed by atoms with Crippen LogP contribution in [0.5, 0.6) is 5.75 Å². The maximum atomic E-state index is 12.5. The van der Waals surface area contributed by atoms with Gasteiger partial charge in [0.05, 0.1) is 38.8 Å². The Bertz CT molecular complexity index is 1740. The Hall–Kier alpha value is -4.65. The SMILES string of the molecule is Cc1c([N+](=O)[O-])c(OC2CCN(C(=O)OC(C)(C)C)CC2)cc2c1nc(C(C)C)n2-c1ccc(C#N)c2ccccc12. The molecule has 1 aromatic heterocycles. The van der Waals surface area contributed by atoms with Crippen molar-refractivity contribution in [3.8, 4) is 17.5 Å². The third kappa shape index (κ3) is 5.34. The molecule has 4 aromatic rings. The summed E-state index contributed by atoms with van der Waals surface area (Å²) >= 11 is 0. The van der Waals surface area contributed by atoms with E-state index >= 15 is 0 Å². The summed E-state index contributed by atoms with van der Waals surface area (Å²) in [5.41, 5.74) is 2.36. The zero-order chi connectivity index (χ0) is 30.3. The maximum absolute atomic E-state index is 12.5. The highest BCUT2D eigenvalue weighted by Gasteiger charge is 2.32. The topological polar surface area (TPSA) is 124 Å². The first-order valence-electron chi connectivity index (χ1n) is 14.2. The highest BCUT2D eigenvalue weighted by atomic mass is 16.6. The van der Waals surface area contributed by atoms with Gasteiger partial charge in [-0.05, 0) is 39.8 Å². The smallest absolute Gasteiger partial charge is 0.410 e. The zero-order valence-electron chi connectivity index (χ0n) is 24.8. The van der Waals surface area contributed by atoms with E-state index in [1.54, 1.807) is 24.0 Å². The number of nitriles is 1. The molecule has 0 radical (unpaired) electrons. The van der Waals surface area contributed by atoms with E-state index in [9.17, 15) is 20.2 Å². The van der Waals surface area contributed by atoms with Gasteiger partial charge in [-0.25, -0.2) is 9.78 Å². The second-order valence-corrected chi connectivity index (χ2v) is 12.0. The molecule has 0 N–H and O–H groups in total. The Labute approximate surface area is 244 Å². The molecule has 0 saturated carbocycles. The summed E-state index contributed by atoms with van der Waals surface area (Å²) in [5, 5.41) is 23.7. The van der Waals surface area contributed by atoms with Crippen LogP contribution in [0.15, 0.2) is 42.5 Å². The number of benzene rings is 3. The van der Waals surface area contributed by atoms with Gasteiger partial charge in [0, 0.05) is 48.7 Å². The van der Waals surface area contributed by atoms with Crippen LogP contribution in [0, 0.1) is 28.4 Å². The molecule has 5 rings (SSSR count). The predicted octanol–water partition coefficient (Wildman–Crippen LogP) is 7.17. The number of nitro benzene ring substituents is 1. The molecule has 218 valence electrons. The van der Waals surface area contributed by atoms with E-state index in [4.69, 9.17) is 14.5 Å². The van der Waals surface area contributed by atoms with Gasteiger partial charge in [-0.3, -0.25) is 14.7 Å². The van der Waals surface area contributed by atoms with E-state index in [1.807, 2.05) is 69.5 Å². The molecule has 10 heteroatoms. The standard InChI is InChI=1S/C32H35N5O5/c1-19(2)30-34-28-20(3)29(37(39)40)27(41-22-13-15-35(16-14-22)31(38)42-32(4,5)6)17-26(28)36(30)25-12-11-21(18-33)23-9-7-8-10-24(23)25/h7-12,17,19,22H,13-16H2,1-6H3. The molecule has 10 nitrogen and oxygen atoms in total. The number of hydrogen-bond donors (Lipinski definition) is 0. The van der Waals surface area contributed by atoms with Crippen molar-refractivity contribution in [2.75, 3.05) is 13.1 Å². The number of hydrogen-bond acceptors (Lipinski definition) is 7. The van der Waals surface area contributed by atoms with Crippen molar-refractivity contribution in [3.63, 3.8) is 0 Å². The van der Waals surface area contributed by atoms with Crippen LogP contribution < -0.4 is 4.74 Å². The average molecular weight is 570 g/mol. The Morgan fingerprint density at radius 1 is 1.14 bits per heavy atom. The molecule has 0 atom stereocenters. The van der Waals surface area contributed by atoms with Crippen LogP contribution >= 0.6 is 0 Å². The highest BCUT2D eigenvalue weighted by Crippen LogP contribution is 2.41. The Morgan fingerprint density at radius 2 is 1.81 bits per heavy atom. The van der Waals surface area contributed by atoms with E-state index in [0.717, 1.165) is 22.3 Å². The fourth-order valence-electron chi connectivity index (χ4n) is 5.54. The molecule has 0 spiro atoms. The number of fused-ring (bicyclic) bond motifs is 2.